The fourth-order valence-electron chi connectivity index (χ4n) is 3.24. The van der Waals surface area contributed by atoms with Crippen molar-refractivity contribution in [1.29, 1.82) is 0 Å². The number of ether oxygens (including phenoxy) is 2. The molecular weight excluding hydrogens is 498 g/mol. The number of benzene rings is 3. The highest BCUT2D eigenvalue weighted by Gasteiger charge is 2.15. The largest absolute Gasteiger partial charge is 0.490 e. The van der Waals surface area contributed by atoms with Crippen molar-refractivity contribution in [2.45, 2.75) is 18.2 Å². The highest BCUT2D eigenvalue weighted by molar-refractivity contribution is 7.89. The normalized spacial score (nSPS) is 11.0. The predicted octanol–water partition coefficient (Wildman–Crippen LogP) is 3.75. The number of sulfonamides is 1. The van der Waals surface area contributed by atoms with Gasteiger partial charge < -0.3 is 14.8 Å². The lowest BCUT2D eigenvalue weighted by molar-refractivity contribution is 0.0958. The maximum absolute atomic E-state index is 12.7. The highest BCUT2D eigenvalue weighted by atomic mass is 32.2. The lowest BCUT2D eigenvalue weighted by Crippen LogP contribution is -2.34. The van der Waals surface area contributed by atoms with Gasteiger partial charge in [-0.15, -0.1) is 0 Å². The Bertz CT molecular complexity index is 1250. The molecule has 3 rings (SSSR count). The van der Waals surface area contributed by atoms with Gasteiger partial charge in [-0.05, 0) is 67.5 Å². The van der Waals surface area contributed by atoms with Crippen molar-refractivity contribution in [3.63, 3.8) is 0 Å². The van der Waals surface area contributed by atoms with Gasteiger partial charge in [0.2, 0.25) is 10.0 Å². The van der Waals surface area contributed by atoms with E-state index in [9.17, 15) is 13.2 Å². The van der Waals surface area contributed by atoms with Crippen LogP contribution in [0.3, 0.4) is 0 Å². The summed E-state index contributed by atoms with van der Waals surface area (Å²) in [5, 5.41) is 5.57. The fourth-order valence-corrected chi connectivity index (χ4v) is 4.49. The molecule has 0 aliphatic heterocycles. The fraction of sp³-hybridized carbons (Fsp3) is 0.231. The molecule has 3 N–H and O–H groups in total. The number of nitrogens with one attached hydrogen (secondary N) is 3. The molecule has 0 aliphatic carbocycles. The van der Waals surface area contributed by atoms with E-state index in [-0.39, 0.29) is 10.0 Å². The van der Waals surface area contributed by atoms with E-state index in [1.54, 1.807) is 36.4 Å². The first-order chi connectivity index (χ1) is 17.4. The number of hydrogen-bond acceptors (Lipinski definition) is 6. The van der Waals surface area contributed by atoms with Crippen LogP contribution < -0.4 is 20.1 Å². The Labute approximate surface area is 217 Å². The van der Waals surface area contributed by atoms with Crippen LogP contribution in [0, 0.1) is 0 Å². The van der Waals surface area contributed by atoms with Crippen molar-refractivity contribution in [3.05, 3.63) is 90.0 Å². The van der Waals surface area contributed by atoms with Gasteiger partial charge in [-0.25, -0.2) is 13.1 Å². The second-order valence-electron chi connectivity index (χ2n) is 7.61. The number of carbonyl (C=O) groups excluding carboxylic acids is 1. The number of hydrogen-bond donors (Lipinski definition) is 3. The van der Waals surface area contributed by atoms with Crippen molar-refractivity contribution in [2.75, 3.05) is 31.7 Å². The van der Waals surface area contributed by atoms with Gasteiger partial charge in [-0.3, -0.25) is 10.1 Å². The van der Waals surface area contributed by atoms with Crippen LogP contribution in [0.1, 0.15) is 22.8 Å². The first kappa shape index (κ1) is 27.3. The van der Waals surface area contributed by atoms with Crippen molar-refractivity contribution in [2.24, 2.45) is 0 Å². The maximum atomic E-state index is 12.7. The zero-order valence-corrected chi connectivity index (χ0v) is 21.5. The van der Waals surface area contributed by atoms with Gasteiger partial charge in [-0.2, -0.15) is 0 Å². The predicted molar refractivity (Wildman–Crippen MR) is 144 cm³/mol. The van der Waals surface area contributed by atoms with Crippen molar-refractivity contribution >= 4 is 38.9 Å². The highest BCUT2D eigenvalue weighted by Crippen LogP contribution is 2.18. The summed E-state index contributed by atoms with van der Waals surface area (Å²) in [6.07, 6.45) is 0.592. The van der Waals surface area contributed by atoms with Crippen molar-refractivity contribution in [3.8, 4) is 5.75 Å². The van der Waals surface area contributed by atoms with E-state index in [1.807, 2.05) is 37.3 Å². The molecule has 0 fully saturated rings. The van der Waals surface area contributed by atoms with Crippen LogP contribution in [0.25, 0.3) is 0 Å². The van der Waals surface area contributed by atoms with Crippen LogP contribution in [-0.2, 0) is 21.2 Å². The third-order valence-electron chi connectivity index (χ3n) is 5.02. The lowest BCUT2D eigenvalue weighted by Gasteiger charge is -2.13. The molecule has 0 unspecified atom stereocenters. The minimum Gasteiger partial charge on any atom is -0.490 e. The van der Waals surface area contributed by atoms with Gasteiger partial charge in [0.05, 0.1) is 17.1 Å². The first-order valence-corrected chi connectivity index (χ1v) is 13.3. The average Bonchev–Trinajstić information content (AvgIpc) is 2.87. The summed E-state index contributed by atoms with van der Waals surface area (Å²) in [7, 11) is -3.65. The second-order valence-corrected chi connectivity index (χ2v) is 9.78. The van der Waals surface area contributed by atoms with E-state index in [1.165, 1.54) is 12.1 Å². The lowest BCUT2D eigenvalue weighted by atomic mass is 10.2. The molecule has 0 aliphatic rings. The Hall–Kier alpha value is -3.31. The Kier molecular flexibility index (Phi) is 10.4. The molecule has 8 nitrogen and oxygen atoms in total. The molecule has 0 radical (unpaired) electrons. The molecule has 36 heavy (non-hydrogen) atoms. The summed E-state index contributed by atoms with van der Waals surface area (Å²) in [5.41, 5.74) is 1.92. The number of carbonyl (C=O) groups is 1. The minimum atomic E-state index is -3.65. The van der Waals surface area contributed by atoms with Crippen LogP contribution in [-0.4, -0.2) is 45.8 Å². The maximum Gasteiger partial charge on any atom is 0.261 e. The molecule has 0 atom stereocenters. The summed E-state index contributed by atoms with van der Waals surface area (Å²) >= 11 is 5.25. The molecular formula is C26H29N3O5S2. The topological polar surface area (TPSA) is 106 Å². The minimum absolute atomic E-state index is 0.0701. The molecule has 0 bridgehead atoms. The number of amides is 1. The average molecular weight is 528 g/mol. The summed E-state index contributed by atoms with van der Waals surface area (Å²) in [6.45, 7) is 3.51. The molecule has 3 aromatic carbocycles. The molecule has 10 heteroatoms. The van der Waals surface area contributed by atoms with E-state index in [0.717, 1.165) is 5.56 Å². The molecule has 0 aromatic heterocycles. The molecule has 0 heterocycles. The van der Waals surface area contributed by atoms with Crippen LogP contribution >= 0.6 is 12.2 Å². The Morgan fingerprint density at radius 2 is 1.61 bits per heavy atom. The summed E-state index contributed by atoms with van der Waals surface area (Å²) in [5.74, 6) is -0.00634. The van der Waals surface area contributed by atoms with Crippen molar-refractivity contribution < 1.29 is 22.7 Å². The van der Waals surface area contributed by atoms with E-state index in [0.29, 0.717) is 49.8 Å². The van der Waals surface area contributed by atoms with Gasteiger partial charge in [0.25, 0.3) is 5.91 Å². The van der Waals surface area contributed by atoms with Gasteiger partial charge in [0, 0.05) is 18.8 Å². The molecule has 3 aromatic rings. The van der Waals surface area contributed by atoms with E-state index >= 15 is 0 Å². The Balaban J connectivity index is 1.52. The SMILES string of the molecule is CCOCCOc1ccccc1C(=O)NC(=S)Nc1ccc(S(=O)(=O)NCCc2ccccc2)cc1. The summed E-state index contributed by atoms with van der Waals surface area (Å²) < 4.78 is 38.6. The van der Waals surface area contributed by atoms with Crippen LogP contribution in [0.4, 0.5) is 5.69 Å². The van der Waals surface area contributed by atoms with E-state index in [2.05, 4.69) is 15.4 Å². The van der Waals surface area contributed by atoms with Gasteiger partial charge >= 0.3 is 0 Å². The number of thiocarbonyl (C=S) groups is 1. The third kappa shape index (κ3) is 8.42. The van der Waals surface area contributed by atoms with Crippen LogP contribution in [0.5, 0.6) is 5.75 Å². The molecule has 0 saturated carbocycles. The van der Waals surface area contributed by atoms with Crippen LogP contribution in [0.15, 0.2) is 83.8 Å². The van der Waals surface area contributed by atoms with Crippen LogP contribution in [0.2, 0.25) is 0 Å². The second kappa shape index (κ2) is 13.7. The molecule has 0 saturated heterocycles. The summed E-state index contributed by atoms with van der Waals surface area (Å²) in [4.78, 5) is 12.8. The molecule has 0 spiro atoms. The Morgan fingerprint density at radius 1 is 0.917 bits per heavy atom. The monoisotopic (exact) mass is 527 g/mol. The van der Waals surface area contributed by atoms with Gasteiger partial charge in [0.15, 0.2) is 5.11 Å². The smallest absolute Gasteiger partial charge is 0.261 e. The number of para-hydroxylation sites is 1. The molecule has 190 valence electrons. The zero-order chi connectivity index (χ0) is 25.8. The zero-order valence-electron chi connectivity index (χ0n) is 19.9. The van der Waals surface area contributed by atoms with Gasteiger partial charge in [-0.1, -0.05) is 42.5 Å². The number of anilines is 1. The number of rotatable bonds is 12. The van der Waals surface area contributed by atoms with E-state index < -0.39 is 15.9 Å². The summed E-state index contributed by atoms with van der Waals surface area (Å²) in [6, 6.07) is 22.6. The molecule has 1 amide bonds. The third-order valence-corrected chi connectivity index (χ3v) is 6.70. The Morgan fingerprint density at radius 3 is 2.33 bits per heavy atom. The van der Waals surface area contributed by atoms with Gasteiger partial charge in [0.1, 0.15) is 12.4 Å². The van der Waals surface area contributed by atoms with Crippen molar-refractivity contribution in [1.82, 2.24) is 10.0 Å². The first-order valence-electron chi connectivity index (χ1n) is 11.4. The van der Waals surface area contributed by atoms with E-state index in [4.69, 9.17) is 21.7 Å². The quantitative estimate of drug-likeness (QED) is 0.243. The standard InChI is InChI=1S/C26H29N3O5S2/c1-2-33-18-19-34-24-11-7-6-10-23(24)25(30)29-26(35)28-21-12-14-22(15-13-21)36(31,32)27-17-16-20-8-4-3-5-9-20/h3-15,27H,2,16-19H2,1H3,(H2,28,29,30,35).